The summed E-state index contributed by atoms with van der Waals surface area (Å²) in [5.41, 5.74) is 0.441. The molecule has 1 aliphatic carbocycles. The van der Waals surface area contributed by atoms with Crippen LogP contribution in [0.2, 0.25) is 0 Å². The molecule has 9 nitrogen and oxygen atoms in total. The number of piperidine rings is 1. The van der Waals surface area contributed by atoms with Gasteiger partial charge in [0.15, 0.2) is 11.5 Å². The van der Waals surface area contributed by atoms with Crippen molar-refractivity contribution in [3.63, 3.8) is 0 Å². The van der Waals surface area contributed by atoms with Crippen LogP contribution in [0, 0.1) is 5.92 Å². The van der Waals surface area contributed by atoms with Gasteiger partial charge in [0.05, 0.1) is 21.3 Å². The molecule has 0 unspecified atom stereocenters. The van der Waals surface area contributed by atoms with Crippen LogP contribution in [-0.2, 0) is 24.3 Å². The molecular formula is C24H34N2O7S. The van der Waals surface area contributed by atoms with Gasteiger partial charge >= 0.3 is 5.97 Å². The number of hydrogen-bond donors (Lipinski definition) is 1. The highest BCUT2D eigenvalue weighted by atomic mass is 32.2. The van der Waals surface area contributed by atoms with E-state index in [2.05, 4.69) is 9.46 Å². The summed E-state index contributed by atoms with van der Waals surface area (Å²) in [6, 6.07) is 2.70. The number of carbonyl (C=O) groups is 2. The number of rotatable bonds is 8. The molecule has 1 N–H and O–H groups in total. The topological polar surface area (TPSA) is 111 Å². The molecule has 188 valence electrons. The van der Waals surface area contributed by atoms with Crippen molar-refractivity contribution in [3.8, 4) is 11.5 Å². The molecule has 0 atom stereocenters. The number of benzene rings is 1. The van der Waals surface area contributed by atoms with Crippen LogP contribution < -0.4 is 14.2 Å². The molecule has 1 amide bonds. The molecule has 0 spiro atoms. The average Bonchev–Trinajstić information content (AvgIpc) is 2.86. The highest BCUT2D eigenvalue weighted by molar-refractivity contribution is 7.89. The first kappa shape index (κ1) is 26.0. The maximum atomic E-state index is 13.3. The first-order chi connectivity index (χ1) is 16.3. The first-order valence-corrected chi connectivity index (χ1v) is 13.1. The summed E-state index contributed by atoms with van der Waals surface area (Å²) in [5.74, 6) is 0.0572. The highest BCUT2D eigenvalue weighted by Gasteiger charge is 2.32. The summed E-state index contributed by atoms with van der Waals surface area (Å²) in [5, 5.41) is 0. The SMILES string of the molecule is COC(=O)/C=C/c1cc(OC)c(OC)c(S(=O)(=O)NC2CCN(C(=O)C3CCCCC3)CC2)c1. The Hall–Kier alpha value is -2.59. The molecule has 1 aliphatic heterocycles. The Bertz CT molecular complexity index is 1010. The lowest BCUT2D eigenvalue weighted by atomic mass is 9.87. The van der Waals surface area contributed by atoms with Crippen molar-refractivity contribution in [2.45, 2.75) is 55.9 Å². The van der Waals surface area contributed by atoms with Gasteiger partial charge in [0.1, 0.15) is 4.90 Å². The van der Waals surface area contributed by atoms with E-state index < -0.39 is 16.0 Å². The van der Waals surface area contributed by atoms with Gasteiger partial charge in [-0.15, -0.1) is 0 Å². The Kier molecular flexibility index (Phi) is 8.96. The predicted molar refractivity (Wildman–Crippen MR) is 127 cm³/mol. The Morgan fingerprint density at radius 1 is 1.00 bits per heavy atom. The fourth-order valence-corrected chi connectivity index (χ4v) is 6.11. The Morgan fingerprint density at radius 3 is 2.26 bits per heavy atom. The molecule has 0 radical (unpaired) electrons. The molecule has 2 fully saturated rings. The minimum atomic E-state index is -3.97. The molecule has 0 aromatic heterocycles. The normalized spacial score (nSPS) is 18.1. The number of nitrogens with zero attached hydrogens (tertiary/aromatic N) is 1. The second-order valence-corrected chi connectivity index (χ2v) is 10.3. The van der Waals surface area contributed by atoms with Gasteiger partial charge < -0.3 is 19.1 Å². The molecule has 2 aliphatic rings. The molecule has 1 saturated carbocycles. The molecular weight excluding hydrogens is 460 g/mol. The van der Waals surface area contributed by atoms with Crippen LogP contribution in [-0.4, -0.2) is 65.7 Å². The third-order valence-corrected chi connectivity index (χ3v) is 7.98. The van der Waals surface area contributed by atoms with Gasteiger partial charge in [-0.05, 0) is 49.5 Å². The highest BCUT2D eigenvalue weighted by Crippen LogP contribution is 2.36. The maximum absolute atomic E-state index is 13.3. The van der Waals surface area contributed by atoms with Crippen molar-refractivity contribution in [1.82, 2.24) is 9.62 Å². The lowest BCUT2D eigenvalue weighted by Gasteiger charge is -2.35. The zero-order valence-electron chi connectivity index (χ0n) is 20.0. The van der Waals surface area contributed by atoms with E-state index >= 15 is 0 Å². The van der Waals surface area contributed by atoms with E-state index in [-0.39, 0.29) is 34.3 Å². The van der Waals surface area contributed by atoms with Gasteiger partial charge in [-0.2, -0.15) is 0 Å². The van der Waals surface area contributed by atoms with Gasteiger partial charge in [-0.25, -0.2) is 17.9 Å². The number of amides is 1. The number of ether oxygens (including phenoxy) is 3. The molecule has 0 bridgehead atoms. The lowest BCUT2D eigenvalue weighted by Crippen LogP contribution is -2.48. The van der Waals surface area contributed by atoms with Crippen molar-refractivity contribution >= 4 is 28.0 Å². The third-order valence-electron chi connectivity index (χ3n) is 6.45. The van der Waals surface area contributed by atoms with Crippen molar-refractivity contribution in [2.75, 3.05) is 34.4 Å². The fraction of sp³-hybridized carbons (Fsp3) is 0.583. The smallest absolute Gasteiger partial charge is 0.330 e. The van der Waals surface area contributed by atoms with Gasteiger partial charge in [0.2, 0.25) is 15.9 Å². The van der Waals surface area contributed by atoms with Crippen LogP contribution in [0.1, 0.15) is 50.5 Å². The van der Waals surface area contributed by atoms with E-state index in [0.717, 1.165) is 25.7 Å². The van der Waals surface area contributed by atoms with Crippen LogP contribution in [0.4, 0.5) is 0 Å². The molecule has 10 heteroatoms. The monoisotopic (exact) mass is 494 g/mol. The summed E-state index contributed by atoms with van der Waals surface area (Å²) in [7, 11) is 0.0729. The second kappa shape index (κ2) is 11.7. The minimum absolute atomic E-state index is 0.0788. The van der Waals surface area contributed by atoms with E-state index in [9.17, 15) is 18.0 Å². The van der Waals surface area contributed by atoms with E-state index in [0.29, 0.717) is 31.5 Å². The number of hydrogen-bond acceptors (Lipinski definition) is 7. The third kappa shape index (κ3) is 6.29. The van der Waals surface area contributed by atoms with Crippen molar-refractivity contribution in [2.24, 2.45) is 5.92 Å². The Labute approximate surface area is 201 Å². The average molecular weight is 495 g/mol. The zero-order chi connectivity index (χ0) is 24.7. The lowest BCUT2D eigenvalue weighted by molar-refractivity contribution is -0.137. The largest absolute Gasteiger partial charge is 0.493 e. The van der Waals surface area contributed by atoms with Crippen molar-refractivity contribution < 1.29 is 32.2 Å². The van der Waals surface area contributed by atoms with Crippen molar-refractivity contribution in [3.05, 3.63) is 23.8 Å². The Balaban J connectivity index is 1.73. The molecule has 1 aromatic rings. The summed E-state index contributed by atoms with van der Waals surface area (Å²) in [6.45, 7) is 1.07. The van der Waals surface area contributed by atoms with Crippen LogP contribution in [0.5, 0.6) is 11.5 Å². The van der Waals surface area contributed by atoms with Crippen LogP contribution in [0.25, 0.3) is 6.08 Å². The summed E-state index contributed by atoms with van der Waals surface area (Å²) >= 11 is 0. The standard InChI is InChI=1S/C24H34N2O7S/c1-31-20-15-17(9-10-22(27)32-2)16-21(23(20)33-3)34(29,30)25-19-11-13-26(14-12-19)24(28)18-7-5-4-6-8-18/h9-10,15-16,18-19,25H,4-8,11-14H2,1-3H3/b10-9+. The summed E-state index contributed by atoms with van der Waals surface area (Å²) < 4.78 is 44.7. The number of methoxy groups -OCH3 is 3. The fourth-order valence-electron chi connectivity index (χ4n) is 4.59. The molecule has 1 aromatic carbocycles. The van der Waals surface area contributed by atoms with Gasteiger partial charge in [-0.1, -0.05) is 19.3 Å². The van der Waals surface area contributed by atoms with E-state index in [4.69, 9.17) is 9.47 Å². The van der Waals surface area contributed by atoms with Gasteiger partial charge in [-0.3, -0.25) is 4.79 Å². The molecule has 1 heterocycles. The number of nitrogens with one attached hydrogen (secondary N) is 1. The Morgan fingerprint density at radius 2 is 1.68 bits per heavy atom. The van der Waals surface area contributed by atoms with E-state index in [1.54, 1.807) is 6.07 Å². The molecule has 3 rings (SSSR count). The minimum Gasteiger partial charge on any atom is -0.493 e. The van der Waals surface area contributed by atoms with E-state index in [1.807, 2.05) is 4.90 Å². The predicted octanol–water partition coefficient (Wildman–Crippen LogP) is 2.74. The van der Waals surface area contributed by atoms with Crippen LogP contribution >= 0.6 is 0 Å². The number of likely N-dealkylation sites (tertiary alicyclic amines) is 1. The number of carbonyl (C=O) groups excluding carboxylic acids is 2. The maximum Gasteiger partial charge on any atom is 0.330 e. The quantitative estimate of drug-likeness (QED) is 0.437. The number of esters is 1. The van der Waals surface area contributed by atoms with E-state index in [1.165, 1.54) is 46.0 Å². The van der Waals surface area contributed by atoms with Crippen LogP contribution in [0.15, 0.2) is 23.1 Å². The van der Waals surface area contributed by atoms with Gasteiger partial charge in [0.25, 0.3) is 0 Å². The van der Waals surface area contributed by atoms with Crippen molar-refractivity contribution in [1.29, 1.82) is 0 Å². The first-order valence-electron chi connectivity index (χ1n) is 11.6. The zero-order valence-corrected chi connectivity index (χ0v) is 20.9. The summed E-state index contributed by atoms with van der Waals surface area (Å²) in [4.78, 5) is 26.1. The molecule has 34 heavy (non-hydrogen) atoms. The summed E-state index contributed by atoms with van der Waals surface area (Å²) in [6.07, 6.45) is 9.03. The molecule has 1 saturated heterocycles. The van der Waals surface area contributed by atoms with Crippen LogP contribution in [0.3, 0.4) is 0 Å². The van der Waals surface area contributed by atoms with Gasteiger partial charge in [0, 0.05) is 31.1 Å². The number of sulfonamides is 1. The second-order valence-electron chi connectivity index (χ2n) is 8.67.